The molecule has 0 aromatic rings. The van der Waals surface area contributed by atoms with Gasteiger partial charge in [0.05, 0.1) is 46.2 Å². The zero-order valence-electron chi connectivity index (χ0n) is 23.1. The zero-order valence-corrected chi connectivity index (χ0v) is 25.6. The number of aliphatic hydroxyl groups is 7. The summed E-state index contributed by atoms with van der Waals surface area (Å²) in [6.07, 6.45) is -14.7. The predicted octanol–water partition coefficient (Wildman–Crippen LogP) is -3.50. The van der Waals surface area contributed by atoms with Gasteiger partial charge in [0.1, 0.15) is 60.9 Å². The molecule has 0 aromatic carbocycles. The van der Waals surface area contributed by atoms with E-state index in [1.54, 1.807) is 20.8 Å². The molecule has 240 valence electrons. The number of nitrogens with one attached hydrogen (secondary N) is 2. The van der Waals surface area contributed by atoms with Crippen LogP contribution in [0.4, 0.5) is 0 Å². The molecule has 18 heteroatoms. The number of aliphatic hydroxyl groups excluding tert-OH is 7. The van der Waals surface area contributed by atoms with E-state index < -0.39 is 111 Å². The number of ether oxygens (including phenoxy) is 5. The van der Waals surface area contributed by atoms with Gasteiger partial charge in [0, 0.05) is 0 Å². The second-order valence-corrected chi connectivity index (χ2v) is 13.1. The monoisotopic (exact) mass is 657 g/mol. The lowest BCUT2D eigenvalue weighted by atomic mass is 9.94. The molecule has 4 aliphatic rings. The predicted molar refractivity (Wildman–Crippen MR) is 156 cm³/mol. The molecule has 4 heterocycles. The average molecular weight is 658 g/mol. The van der Waals surface area contributed by atoms with E-state index in [0.29, 0.717) is 5.04 Å². The Labute approximate surface area is 257 Å². The summed E-state index contributed by atoms with van der Waals surface area (Å²) >= 11 is 11.6. The van der Waals surface area contributed by atoms with E-state index >= 15 is 0 Å². The van der Waals surface area contributed by atoms with Crippen LogP contribution in [-0.2, 0) is 23.7 Å². The SMILES string of the molecule is CC(=S)N[C@H]1[C@H](O[C@H]2[C@H](O)[C@H]3SC(C)=N[C@H]3O[C@@H]2CO)O[C@H](CO)[C@@H](O[C@@H]2O[C@H](CO)[C@@H](O)[C@H](O)[C@H]2NC(C)=S)[C@@H]1O. The lowest BCUT2D eigenvalue weighted by Gasteiger charge is -2.49. The van der Waals surface area contributed by atoms with Crippen molar-refractivity contribution in [3.05, 3.63) is 0 Å². The van der Waals surface area contributed by atoms with Crippen molar-refractivity contribution in [1.82, 2.24) is 10.6 Å². The highest BCUT2D eigenvalue weighted by molar-refractivity contribution is 8.14. The number of aliphatic imine (C=N–C) groups is 1. The molecule has 9 N–H and O–H groups in total. The van der Waals surface area contributed by atoms with Gasteiger partial charge in [0.15, 0.2) is 18.8 Å². The normalized spacial score (nSPS) is 45.6. The summed E-state index contributed by atoms with van der Waals surface area (Å²) in [5.41, 5.74) is 0. The molecule has 0 spiro atoms. The Balaban J connectivity index is 1.57. The van der Waals surface area contributed by atoms with Gasteiger partial charge in [0.2, 0.25) is 0 Å². The van der Waals surface area contributed by atoms with Crippen molar-refractivity contribution in [3.8, 4) is 0 Å². The van der Waals surface area contributed by atoms with Crippen LogP contribution >= 0.6 is 36.2 Å². The maximum atomic E-state index is 11.5. The summed E-state index contributed by atoms with van der Waals surface area (Å²) < 4.78 is 29.8. The minimum atomic E-state index is -1.48. The van der Waals surface area contributed by atoms with E-state index in [-0.39, 0.29) is 9.98 Å². The summed E-state index contributed by atoms with van der Waals surface area (Å²) in [7, 11) is 0. The minimum absolute atomic E-state index is 0.254. The Kier molecular flexibility index (Phi) is 11.9. The number of thiocarbonyl (C=S) groups is 2. The first-order valence-electron chi connectivity index (χ1n) is 13.5. The third kappa shape index (κ3) is 7.24. The van der Waals surface area contributed by atoms with Crippen LogP contribution in [0.2, 0.25) is 0 Å². The van der Waals surface area contributed by atoms with E-state index in [9.17, 15) is 35.7 Å². The molecule has 0 radical (unpaired) electrons. The Morgan fingerprint density at radius 3 is 1.76 bits per heavy atom. The summed E-state index contributed by atoms with van der Waals surface area (Å²) in [6, 6.07) is -2.22. The van der Waals surface area contributed by atoms with Gasteiger partial charge >= 0.3 is 0 Å². The van der Waals surface area contributed by atoms with Gasteiger partial charge in [-0.15, -0.1) is 11.8 Å². The third-order valence-corrected chi connectivity index (χ3v) is 8.95. The number of hydrogen-bond donors (Lipinski definition) is 9. The van der Waals surface area contributed by atoms with Crippen LogP contribution in [0.5, 0.6) is 0 Å². The highest BCUT2D eigenvalue weighted by Gasteiger charge is 2.54. The number of fused-ring (bicyclic) bond motifs is 1. The summed E-state index contributed by atoms with van der Waals surface area (Å²) in [6.45, 7) is 3.11. The number of rotatable bonds is 9. The van der Waals surface area contributed by atoms with E-state index in [4.69, 9.17) is 48.1 Å². The largest absolute Gasteiger partial charge is 0.394 e. The first kappa shape index (κ1) is 34.2. The molecule has 4 rings (SSSR count). The molecule has 0 unspecified atom stereocenters. The Hall–Kier alpha value is -0.680. The van der Waals surface area contributed by atoms with Crippen molar-refractivity contribution < 1.29 is 59.4 Å². The third-order valence-electron chi connectivity index (χ3n) is 7.49. The van der Waals surface area contributed by atoms with E-state index in [1.165, 1.54) is 11.8 Å². The van der Waals surface area contributed by atoms with E-state index in [1.807, 2.05) is 0 Å². The molecule has 0 amide bonds. The average Bonchev–Trinajstić information content (AvgIpc) is 3.32. The van der Waals surface area contributed by atoms with Gasteiger partial charge in [-0.1, -0.05) is 24.4 Å². The summed E-state index contributed by atoms with van der Waals surface area (Å²) in [5.74, 6) is 0. The fourth-order valence-electron chi connectivity index (χ4n) is 5.50. The van der Waals surface area contributed by atoms with Gasteiger partial charge in [-0.25, -0.2) is 0 Å². The molecular formula is C24H39N3O12S3. The van der Waals surface area contributed by atoms with Gasteiger partial charge in [-0.2, -0.15) is 0 Å². The Bertz CT molecular complexity index is 1000. The first-order chi connectivity index (χ1) is 19.9. The van der Waals surface area contributed by atoms with Crippen LogP contribution in [0, 0.1) is 0 Å². The topological polar surface area (TPSA) is 224 Å². The molecule has 3 fully saturated rings. The van der Waals surface area contributed by atoms with Crippen molar-refractivity contribution in [2.75, 3.05) is 19.8 Å². The molecule has 0 saturated carbocycles. The van der Waals surface area contributed by atoms with Crippen molar-refractivity contribution in [1.29, 1.82) is 0 Å². The summed E-state index contributed by atoms with van der Waals surface area (Å²) in [5, 5.41) is 79.7. The molecule has 15 atom stereocenters. The molecule has 3 saturated heterocycles. The molecule has 0 bridgehead atoms. The standard InChI is InChI=1S/C24H39N3O12S3/c1-7(40)25-13-16(32)15(31)10(4-28)36-23(13)38-19-12(6-30)37-24(14(17(19)33)26-8(2)41)39-20-11(5-29)35-22-21(18(20)34)42-9(3)27-22/h10-24,28-34H,4-6H2,1-3H3,(H,25,40)(H,26,41)/t10-,11-,12-,13-,14-,15-,16-,17-,18+,19-,20-,21-,22+,23+,24+/m1/s1. The van der Waals surface area contributed by atoms with Gasteiger partial charge in [0.25, 0.3) is 0 Å². The molecule has 15 nitrogen and oxygen atoms in total. The maximum absolute atomic E-state index is 11.5. The summed E-state index contributed by atoms with van der Waals surface area (Å²) in [4.78, 5) is 4.86. The van der Waals surface area contributed by atoms with Crippen molar-refractivity contribution >= 4 is 51.2 Å². The molecule has 4 aliphatic heterocycles. The lowest BCUT2D eigenvalue weighted by Crippen LogP contribution is -2.70. The van der Waals surface area contributed by atoms with Crippen molar-refractivity contribution in [2.24, 2.45) is 4.99 Å². The van der Waals surface area contributed by atoms with E-state index in [0.717, 1.165) is 0 Å². The molecule has 0 aliphatic carbocycles. The van der Waals surface area contributed by atoms with Gasteiger partial charge in [-0.3, -0.25) is 4.99 Å². The van der Waals surface area contributed by atoms with Crippen LogP contribution in [0.25, 0.3) is 0 Å². The van der Waals surface area contributed by atoms with Crippen LogP contribution in [-0.4, -0.2) is 162 Å². The van der Waals surface area contributed by atoms with Crippen LogP contribution in [0.15, 0.2) is 4.99 Å². The zero-order chi connectivity index (χ0) is 30.9. The highest BCUT2D eigenvalue weighted by atomic mass is 32.2. The molecule has 42 heavy (non-hydrogen) atoms. The fourth-order valence-corrected chi connectivity index (χ4v) is 6.87. The highest BCUT2D eigenvalue weighted by Crippen LogP contribution is 2.39. The number of thioether (sulfide) groups is 1. The Morgan fingerprint density at radius 2 is 1.24 bits per heavy atom. The van der Waals surface area contributed by atoms with Crippen LogP contribution < -0.4 is 10.6 Å². The van der Waals surface area contributed by atoms with Crippen LogP contribution in [0.1, 0.15) is 20.8 Å². The Morgan fingerprint density at radius 1 is 0.762 bits per heavy atom. The minimum Gasteiger partial charge on any atom is -0.394 e. The second-order valence-electron chi connectivity index (χ2n) is 10.5. The fraction of sp³-hybridized carbons (Fsp3) is 0.875. The quantitative estimate of drug-likeness (QED) is 0.110. The van der Waals surface area contributed by atoms with Crippen molar-refractivity contribution in [2.45, 2.75) is 112 Å². The maximum Gasteiger partial charge on any atom is 0.181 e. The van der Waals surface area contributed by atoms with E-state index in [2.05, 4.69) is 15.6 Å². The van der Waals surface area contributed by atoms with Crippen molar-refractivity contribution in [3.63, 3.8) is 0 Å². The van der Waals surface area contributed by atoms with Crippen LogP contribution in [0.3, 0.4) is 0 Å². The molecular weight excluding hydrogens is 618 g/mol. The number of nitrogens with zero attached hydrogens (tertiary/aromatic N) is 1. The first-order valence-corrected chi connectivity index (χ1v) is 15.2. The molecule has 0 aromatic heterocycles. The second kappa shape index (κ2) is 14.6. The lowest BCUT2D eigenvalue weighted by molar-refractivity contribution is -0.344. The smallest absolute Gasteiger partial charge is 0.181 e. The van der Waals surface area contributed by atoms with Gasteiger partial charge in [-0.05, 0) is 20.8 Å². The van der Waals surface area contributed by atoms with Gasteiger partial charge < -0.3 is 70.1 Å². The number of hydrogen-bond acceptors (Lipinski definition) is 16.